The molecule has 0 aromatic heterocycles. The van der Waals surface area contributed by atoms with Gasteiger partial charge in [-0.15, -0.1) is 24.9 Å². The monoisotopic (exact) mass is 589 g/mol. The zero-order valence-electron chi connectivity index (χ0n) is 21.3. The van der Waals surface area contributed by atoms with Gasteiger partial charge in [0.1, 0.15) is 6.04 Å². The van der Waals surface area contributed by atoms with Crippen molar-refractivity contribution in [1.82, 2.24) is 9.80 Å². The van der Waals surface area contributed by atoms with E-state index in [-0.39, 0.29) is 41.0 Å². The number of halogens is 1. The van der Waals surface area contributed by atoms with Crippen molar-refractivity contribution in [3.63, 3.8) is 0 Å². The molecule has 1 aromatic rings. The molecule has 3 aliphatic rings. The average Bonchev–Trinajstić information content (AvgIpc) is 3.48. The summed E-state index contributed by atoms with van der Waals surface area (Å²) in [6.45, 7) is 10.9. The summed E-state index contributed by atoms with van der Waals surface area (Å²) in [5, 5.41) is 9.72. The molecule has 2 bridgehead atoms. The first-order valence-electron chi connectivity index (χ1n) is 13.0. The number of hydrogen-bond acceptors (Lipinski definition) is 5. The topological polar surface area (TPSA) is 81.2 Å². The molecule has 3 saturated heterocycles. The van der Waals surface area contributed by atoms with Gasteiger partial charge in [-0.1, -0.05) is 59.6 Å². The number of aliphatic hydroxyl groups is 1. The number of unbranched alkanes of at least 4 members (excludes halogenated alkanes) is 1. The average molecular weight is 591 g/mol. The highest BCUT2D eigenvalue weighted by atomic mass is 79.9. The van der Waals surface area contributed by atoms with E-state index in [1.54, 1.807) is 38.6 Å². The lowest BCUT2D eigenvalue weighted by atomic mass is 9.70. The Morgan fingerprint density at radius 2 is 1.92 bits per heavy atom. The van der Waals surface area contributed by atoms with Crippen molar-refractivity contribution in [1.29, 1.82) is 0 Å². The van der Waals surface area contributed by atoms with Gasteiger partial charge < -0.3 is 19.8 Å². The second-order valence-corrected chi connectivity index (χ2v) is 12.6. The van der Waals surface area contributed by atoms with Crippen LogP contribution in [0.5, 0.6) is 0 Å². The van der Waals surface area contributed by atoms with E-state index in [2.05, 4.69) is 36.0 Å². The van der Waals surface area contributed by atoms with E-state index < -0.39 is 22.6 Å². The number of anilines is 1. The molecule has 200 valence electrons. The van der Waals surface area contributed by atoms with Crippen LogP contribution in [0.15, 0.2) is 55.6 Å². The van der Waals surface area contributed by atoms with E-state index in [1.807, 2.05) is 30.3 Å². The number of rotatable bonds is 12. The molecule has 6 atom stereocenters. The molecular formula is C28H36BrN3O4S. The number of likely N-dealkylation sites (tertiary alicyclic amines) is 1. The van der Waals surface area contributed by atoms with E-state index in [0.717, 1.165) is 18.5 Å². The number of β-amino-alcohol motifs (C(OH)–C–C–N with tert-alkyl or cyclic N) is 1. The minimum Gasteiger partial charge on any atom is -0.395 e. The number of carbonyl (C=O) groups is 3. The number of aliphatic hydroxyl groups excluding tert-OH is 1. The third-order valence-corrected chi connectivity index (χ3v) is 11.0. The Kier molecular flexibility index (Phi) is 8.86. The third kappa shape index (κ3) is 4.79. The Bertz CT molecular complexity index is 1040. The molecule has 0 aliphatic carbocycles. The molecule has 0 radical (unpaired) electrons. The van der Waals surface area contributed by atoms with Crippen LogP contribution in [-0.2, 0) is 14.4 Å². The van der Waals surface area contributed by atoms with E-state index in [0.29, 0.717) is 26.1 Å². The lowest BCUT2D eigenvalue weighted by Crippen LogP contribution is -2.56. The molecule has 1 spiro atoms. The summed E-state index contributed by atoms with van der Waals surface area (Å²) in [4.78, 5) is 47.3. The maximum atomic E-state index is 14.2. The van der Waals surface area contributed by atoms with E-state index in [1.165, 1.54) is 0 Å². The third-order valence-electron chi connectivity index (χ3n) is 7.74. The number of nitrogens with zero attached hydrogens (tertiary/aromatic N) is 3. The first-order chi connectivity index (χ1) is 17.9. The van der Waals surface area contributed by atoms with Gasteiger partial charge in [-0.05, 0) is 25.0 Å². The van der Waals surface area contributed by atoms with Crippen LogP contribution in [0.3, 0.4) is 0 Å². The molecule has 3 heterocycles. The second-order valence-electron chi connectivity index (χ2n) is 9.92. The minimum absolute atomic E-state index is 0.00951. The van der Waals surface area contributed by atoms with Crippen LogP contribution in [0.1, 0.15) is 26.2 Å². The van der Waals surface area contributed by atoms with Crippen LogP contribution in [-0.4, -0.2) is 86.3 Å². The highest BCUT2D eigenvalue weighted by Crippen LogP contribution is 2.68. The lowest BCUT2D eigenvalue weighted by molar-refractivity contribution is -0.143. The summed E-state index contributed by atoms with van der Waals surface area (Å²) in [5.41, 5.74) is 0.752. The molecule has 1 aromatic carbocycles. The summed E-state index contributed by atoms with van der Waals surface area (Å²) in [7, 11) is 0. The van der Waals surface area contributed by atoms with E-state index >= 15 is 0 Å². The summed E-state index contributed by atoms with van der Waals surface area (Å²) in [6.07, 6.45) is 5.80. The minimum atomic E-state index is -0.731. The molecule has 37 heavy (non-hydrogen) atoms. The fourth-order valence-corrected chi connectivity index (χ4v) is 9.85. The van der Waals surface area contributed by atoms with Crippen molar-refractivity contribution in [3.8, 4) is 0 Å². The van der Waals surface area contributed by atoms with Crippen molar-refractivity contribution in [3.05, 3.63) is 55.6 Å². The van der Waals surface area contributed by atoms with Crippen LogP contribution in [0.4, 0.5) is 5.69 Å². The van der Waals surface area contributed by atoms with E-state index in [4.69, 9.17) is 0 Å². The van der Waals surface area contributed by atoms with Gasteiger partial charge in [0.25, 0.3) is 0 Å². The fourth-order valence-electron chi connectivity index (χ4n) is 6.25. The number of hydrogen-bond donors (Lipinski definition) is 1. The molecule has 3 aliphatic heterocycles. The molecule has 3 fully saturated rings. The highest BCUT2D eigenvalue weighted by molar-refractivity contribution is 9.09. The van der Waals surface area contributed by atoms with Gasteiger partial charge in [-0.2, -0.15) is 0 Å². The molecule has 9 heteroatoms. The maximum Gasteiger partial charge on any atom is 0.247 e. The van der Waals surface area contributed by atoms with Crippen LogP contribution in [0.2, 0.25) is 0 Å². The standard InChI is InChI=1S/C28H36BrN3O4S/c1-4-7-15-30(13-5-2)27(36)24-28-18-20(29)23(37-28)21(22(28)26(35)32(24)16-17-33)25(34)31(14-6-3)19-11-9-8-10-12-19/h5-6,8-12,20-24,33H,2-4,7,13-18H2,1H3/t20?,21-,22+,23-,24?,28?/m1/s1. The Hall–Kier alpha value is -2.10. The Morgan fingerprint density at radius 3 is 2.54 bits per heavy atom. The molecule has 4 rings (SSSR count). The van der Waals surface area contributed by atoms with Gasteiger partial charge in [0.05, 0.1) is 23.2 Å². The quantitative estimate of drug-likeness (QED) is 0.298. The Morgan fingerprint density at radius 1 is 1.22 bits per heavy atom. The molecule has 3 amide bonds. The van der Waals surface area contributed by atoms with Gasteiger partial charge in [-0.3, -0.25) is 14.4 Å². The summed E-state index contributed by atoms with van der Waals surface area (Å²) in [5.74, 6) is -1.67. The predicted molar refractivity (Wildman–Crippen MR) is 152 cm³/mol. The predicted octanol–water partition coefficient (Wildman–Crippen LogP) is 3.48. The molecule has 3 unspecified atom stereocenters. The Balaban J connectivity index is 1.75. The van der Waals surface area contributed by atoms with Gasteiger partial charge in [-0.25, -0.2) is 0 Å². The fraction of sp³-hybridized carbons (Fsp3) is 0.536. The van der Waals surface area contributed by atoms with Gasteiger partial charge >= 0.3 is 0 Å². The van der Waals surface area contributed by atoms with Gasteiger partial charge in [0.15, 0.2) is 0 Å². The summed E-state index contributed by atoms with van der Waals surface area (Å²) >= 11 is 5.43. The zero-order chi connectivity index (χ0) is 26.7. The number of para-hydroxylation sites is 1. The first-order valence-corrected chi connectivity index (χ1v) is 14.8. The number of carbonyl (C=O) groups excluding carboxylic acids is 3. The number of amides is 3. The number of alkyl halides is 1. The van der Waals surface area contributed by atoms with Crippen molar-refractivity contribution < 1.29 is 19.5 Å². The SMILES string of the molecule is C=CCN(CCCC)C(=O)C1N(CCO)C(=O)[C@@H]2[C@@H](C(=O)N(CC=C)c3ccccc3)[C@@H]3SC12CC3Br. The first kappa shape index (κ1) is 27.9. The smallest absolute Gasteiger partial charge is 0.247 e. The van der Waals surface area contributed by atoms with Crippen molar-refractivity contribution in [2.75, 3.05) is 37.7 Å². The van der Waals surface area contributed by atoms with Gasteiger partial charge in [0.2, 0.25) is 17.7 Å². The van der Waals surface area contributed by atoms with Gasteiger partial charge in [0, 0.05) is 41.9 Å². The zero-order valence-corrected chi connectivity index (χ0v) is 23.7. The van der Waals surface area contributed by atoms with Crippen molar-refractivity contribution in [2.45, 2.75) is 47.1 Å². The largest absolute Gasteiger partial charge is 0.395 e. The molecule has 0 saturated carbocycles. The summed E-state index contributed by atoms with van der Waals surface area (Å²) < 4.78 is -0.731. The van der Waals surface area contributed by atoms with Crippen LogP contribution < -0.4 is 4.90 Å². The van der Waals surface area contributed by atoms with Crippen LogP contribution >= 0.6 is 27.7 Å². The van der Waals surface area contributed by atoms with Crippen LogP contribution in [0, 0.1) is 11.8 Å². The molecule has 1 N–H and O–H groups in total. The number of thioether (sulfide) groups is 1. The van der Waals surface area contributed by atoms with E-state index in [9.17, 15) is 19.5 Å². The Labute approximate surface area is 232 Å². The van der Waals surface area contributed by atoms with Crippen molar-refractivity contribution >= 4 is 51.1 Å². The second kappa shape index (κ2) is 11.7. The number of fused-ring (bicyclic) bond motifs is 1. The van der Waals surface area contributed by atoms with Crippen molar-refractivity contribution in [2.24, 2.45) is 11.8 Å². The maximum absolute atomic E-state index is 14.2. The normalized spacial score (nSPS) is 29.8. The molecular weight excluding hydrogens is 554 g/mol. The number of benzene rings is 1. The lowest BCUT2D eigenvalue weighted by Gasteiger charge is -2.38. The highest BCUT2D eigenvalue weighted by Gasteiger charge is 2.76. The molecule has 7 nitrogen and oxygen atoms in total. The van der Waals surface area contributed by atoms with Crippen LogP contribution in [0.25, 0.3) is 0 Å². The summed E-state index contributed by atoms with van der Waals surface area (Å²) in [6, 6.07) is 8.69.